The van der Waals surface area contributed by atoms with Crippen molar-refractivity contribution >= 4 is 5.91 Å². The zero-order valence-corrected chi connectivity index (χ0v) is 12.0. The molecule has 2 atom stereocenters. The van der Waals surface area contributed by atoms with Crippen molar-refractivity contribution in [2.45, 2.75) is 25.4 Å². The summed E-state index contributed by atoms with van der Waals surface area (Å²) in [4.78, 5) is 16.6. The Hall–Kier alpha value is -2.20. The number of nitrogens with zero attached hydrogens (tertiary/aromatic N) is 1. The minimum absolute atomic E-state index is 0.0125. The predicted octanol–water partition coefficient (Wildman–Crippen LogP) is 2.15. The van der Waals surface area contributed by atoms with Gasteiger partial charge in [-0.25, -0.2) is 0 Å². The van der Waals surface area contributed by atoms with Crippen molar-refractivity contribution in [3.63, 3.8) is 0 Å². The third-order valence-electron chi connectivity index (χ3n) is 3.91. The molecule has 4 heteroatoms. The lowest BCUT2D eigenvalue weighted by atomic mass is 9.93. The lowest BCUT2D eigenvalue weighted by Gasteiger charge is -2.27. The van der Waals surface area contributed by atoms with Crippen molar-refractivity contribution in [3.05, 3.63) is 65.5 Å². The van der Waals surface area contributed by atoms with E-state index in [0.29, 0.717) is 0 Å². The highest BCUT2D eigenvalue weighted by Gasteiger charge is 2.26. The molecule has 1 aromatic carbocycles. The predicted molar refractivity (Wildman–Crippen MR) is 81.7 cm³/mol. The van der Waals surface area contributed by atoms with Gasteiger partial charge in [-0.2, -0.15) is 0 Å². The van der Waals surface area contributed by atoms with Crippen LogP contribution in [-0.2, 0) is 11.2 Å². The van der Waals surface area contributed by atoms with E-state index in [2.05, 4.69) is 21.7 Å². The number of fused-ring (bicyclic) bond motifs is 1. The summed E-state index contributed by atoms with van der Waals surface area (Å²) in [5.74, 6) is 0.0125. The molecule has 2 heterocycles. The van der Waals surface area contributed by atoms with Gasteiger partial charge in [-0.3, -0.25) is 9.78 Å². The standard InChI is InChI=1S/C17H19N3O/c1-12(14-6-4-9-18-11-14)20-17(21)16-15-7-3-2-5-13(15)8-10-19-16/h2-7,9,11-12,16,19H,8,10H2,1H3,(H,20,21). The Kier molecular flexibility index (Phi) is 3.97. The fourth-order valence-corrected chi connectivity index (χ4v) is 2.75. The average molecular weight is 281 g/mol. The molecule has 2 N–H and O–H groups in total. The van der Waals surface area contributed by atoms with Gasteiger partial charge in [0.25, 0.3) is 0 Å². The van der Waals surface area contributed by atoms with Gasteiger partial charge in [0.2, 0.25) is 5.91 Å². The minimum atomic E-state index is -0.269. The van der Waals surface area contributed by atoms with Crippen LogP contribution in [0.3, 0.4) is 0 Å². The van der Waals surface area contributed by atoms with E-state index in [1.54, 1.807) is 12.4 Å². The van der Waals surface area contributed by atoms with Gasteiger partial charge in [0.15, 0.2) is 0 Å². The molecule has 2 aromatic rings. The van der Waals surface area contributed by atoms with Gasteiger partial charge in [0.1, 0.15) is 6.04 Å². The molecule has 1 aliphatic rings. The van der Waals surface area contributed by atoms with Gasteiger partial charge in [0, 0.05) is 18.9 Å². The number of rotatable bonds is 3. The number of nitrogens with one attached hydrogen (secondary N) is 2. The van der Waals surface area contributed by atoms with Crippen LogP contribution in [-0.4, -0.2) is 17.4 Å². The fraction of sp³-hybridized carbons (Fsp3) is 0.294. The largest absolute Gasteiger partial charge is 0.348 e. The zero-order chi connectivity index (χ0) is 14.7. The van der Waals surface area contributed by atoms with Crippen molar-refractivity contribution < 1.29 is 4.79 Å². The lowest BCUT2D eigenvalue weighted by Crippen LogP contribution is -2.42. The van der Waals surface area contributed by atoms with E-state index in [4.69, 9.17) is 0 Å². The molecule has 1 aliphatic heterocycles. The second-order valence-corrected chi connectivity index (χ2v) is 5.35. The van der Waals surface area contributed by atoms with Gasteiger partial charge < -0.3 is 10.6 Å². The first-order valence-corrected chi connectivity index (χ1v) is 7.27. The quantitative estimate of drug-likeness (QED) is 0.906. The zero-order valence-electron chi connectivity index (χ0n) is 12.0. The topological polar surface area (TPSA) is 54.0 Å². The summed E-state index contributed by atoms with van der Waals surface area (Å²) in [6.45, 7) is 2.81. The van der Waals surface area contributed by atoms with Crippen LogP contribution in [0.2, 0.25) is 0 Å². The SMILES string of the molecule is CC(NC(=O)C1NCCc2ccccc21)c1cccnc1. The maximum absolute atomic E-state index is 12.6. The second kappa shape index (κ2) is 6.06. The molecule has 0 fully saturated rings. The Balaban J connectivity index is 1.75. The third-order valence-corrected chi connectivity index (χ3v) is 3.91. The Morgan fingerprint density at radius 1 is 1.33 bits per heavy atom. The first-order valence-electron chi connectivity index (χ1n) is 7.27. The molecule has 1 amide bonds. The van der Waals surface area contributed by atoms with Crippen molar-refractivity contribution in [2.24, 2.45) is 0 Å². The number of carbonyl (C=O) groups is 1. The fourth-order valence-electron chi connectivity index (χ4n) is 2.75. The van der Waals surface area contributed by atoms with Crippen LogP contribution in [0.25, 0.3) is 0 Å². The number of amides is 1. The number of benzene rings is 1. The van der Waals surface area contributed by atoms with E-state index >= 15 is 0 Å². The van der Waals surface area contributed by atoms with E-state index < -0.39 is 0 Å². The molecule has 0 spiro atoms. The van der Waals surface area contributed by atoms with Gasteiger partial charge in [0.05, 0.1) is 6.04 Å². The van der Waals surface area contributed by atoms with E-state index in [0.717, 1.165) is 24.1 Å². The molecule has 4 nitrogen and oxygen atoms in total. The van der Waals surface area contributed by atoms with Crippen molar-refractivity contribution in [1.82, 2.24) is 15.6 Å². The second-order valence-electron chi connectivity index (χ2n) is 5.35. The minimum Gasteiger partial charge on any atom is -0.348 e. The first-order chi connectivity index (χ1) is 10.3. The maximum atomic E-state index is 12.6. The molecule has 3 rings (SSSR count). The van der Waals surface area contributed by atoms with E-state index in [1.165, 1.54) is 5.56 Å². The molecule has 2 unspecified atom stereocenters. The van der Waals surface area contributed by atoms with Gasteiger partial charge >= 0.3 is 0 Å². The van der Waals surface area contributed by atoms with Crippen LogP contribution in [0.15, 0.2) is 48.8 Å². The van der Waals surface area contributed by atoms with Crippen LogP contribution >= 0.6 is 0 Å². The molecular formula is C17H19N3O. The first kappa shape index (κ1) is 13.8. The number of hydrogen-bond donors (Lipinski definition) is 2. The average Bonchev–Trinajstić information content (AvgIpc) is 2.55. The highest BCUT2D eigenvalue weighted by atomic mass is 16.2. The van der Waals surface area contributed by atoms with Crippen molar-refractivity contribution in [2.75, 3.05) is 6.54 Å². The normalized spacial score (nSPS) is 18.6. The van der Waals surface area contributed by atoms with Crippen LogP contribution in [0.4, 0.5) is 0 Å². The van der Waals surface area contributed by atoms with Crippen molar-refractivity contribution in [1.29, 1.82) is 0 Å². The molecule has 0 saturated carbocycles. The Bertz CT molecular complexity index is 627. The molecule has 0 aliphatic carbocycles. The highest BCUT2D eigenvalue weighted by Crippen LogP contribution is 2.23. The van der Waals surface area contributed by atoms with Gasteiger partial charge in [-0.15, -0.1) is 0 Å². The lowest BCUT2D eigenvalue weighted by molar-refractivity contribution is -0.124. The molecule has 108 valence electrons. The summed E-state index contributed by atoms with van der Waals surface area (Å²) in [5, 5.41) is 6.37. The van der Waals surface area contributed by atoms with Crippen LogP contribution in [0, 0.1) is 0 Å². The van der Waals surface area contributed by atoms with Crippen molar-refractivity contribution in [3.8, 4) is 0 Å². The molecule has 0 radical (unpaired) electrons. The molecule has 1 aromatic heterocycles. The van der Waals surface area contributed by atoms with Crippen LogP contribution < -0.4 is 10.6 Å². The van der Waals surface area contributed by atoms with Gasteiger partial charge in [-0.05, 0) is 36.1 Å². The Labute approximate surface area is 124 Å². The number of pyridine rings is 1. The maximum Gasteiger partial charge on any atom is 0.242 e. The summed E-state index contributed by atoms with van der Waals surface area (Å²) in [6, 6.07) is 11.7. The van der Waals surface area contributed by atoms with E-state index in [1.807, 2.05) is 37.3 Å². The third kappa shape index (κ3) is 2.95. The number of aromatic nitrogens is 1. The summed E-state index contributed by atoms with van der Waals surface area (Å²) in [5.41, 5.74) is 3.35. The molecular weight excluding hydrogens is 262 g/mol. The van der Waals surface area contributed by atoms with Gasteiger partial charge in [-0.1, -0.05) is 30.3 Å². The summed E-state index contributed by atoms with van der Waals surface area (Å²) < 4.78 is 0. The summed E-state index contributed by atoms with van der Waals surface area (Å²) >= 11 is 0. The van der Waals surface area contributed by atoms with E-state index in [9.17, 15) is 4.79 Å². The number of carbonyl (C=O) groups excluding carboxylic acids is 1. The van der Waals surface area contributed by atoms with E-state index in [-0.39, 0.29) is 18.0 Å². The monoisotopic (exact) mass is 281 g/mol. The van der Waals surface area contributed by atoms with Crippen LogP contribution in [0.5, 0.6) is 0 Å². The highest BCUT2D eigenvalue weighted by molar-refractivity contribution is 5.84. The molecule has 0 saturated heterocycles. The Morgan fingerprint density at radius 2 is 2.19 bits per heavy atom. The van der Waals surface area contributed by atoms with Crippen LogP contribution in [0.1, 0.15) is 35.7 Å². The number of hydrogen-bond acceptors (Lipinski definition) is 3. The smallest absolute Gasteiger partial charge is 0.242 e. The Morgan fingerprint density at radius 3 is 3.00 bits per heavy atom. The summed E-state index contributed by atoms with van der Waals surface area (Å²) in [6.07, 6.45) is 4.49. The summed E-state index contributed by atoms with van der Waals surface area (Å²) in [7, 11) is 0. The molecule has 0 bridgehead atoms. The molecule has 21 heavy (non-hydrogen) atoms.